The van der Waals surface area contributed by atoms with Crippen LogP contribution in [0.2, 0.25) is 0 Å². The Morgan fingerprint density at radius 2 is 2.00 bits per heavy atom. The molecule has 0 heterocycles. The van der Waals surface area contributed by atoms with Crippen LogP contribution in [0.5, 0.6) is 0 Å². The van der Waals surface area contributed by atoms with E-state index in [-0.39, 0.29) is 17.1 Å². The van der Waals surface area contributed by atoms with Crippen molar-refractivity contribution in [1.29, 1.82) is 0 Å². The molecule has 0 fully saturated rings. The summed E-state index contributed by atoms with van der Waals surface area (Å²) in [5.74, 6) is 0. The van der Waals surface area contributed by atoms with Crippen molar-refractivity contribution in [2.24, 2.45) is 0 Å². The Morgan fingerprint density at radius 3 is 2.30 bits per heavy atom. The van der Waals surface area contributed by atoms with E-state index in [0.29, 0.717) is 6.54 Å². The Labute approximate surface area is 71.7 Å². The van der Waals surface area contributed by atoms with Gasteiger partial charge in [-0.15, -0.1) is 0 Å². The average Bonchev–Trinajstić information content (AvgIpc) is 1.63. The van der Waals surface area contributed by atoms with Gasteiger partial charge in [-0.25, -0.2) is 0 Å². The minimum absolute atomic E-state index is 0. The van der Waals surface area contributed by atoms with Crippen LogP contribution < -0.4 is 4.72 Å². The van der Waals surface area contributed by atoms with Crippen molar-refractivity contribution in [2.75, 3.05) is 6.54 Å². The second-order valence-electron chi connectivity index (χ2n) is 1.72. The van der Waals surface area contributed by atoms with E-state index in [1.165, 1.54) is 0 Å². The predicted molar refractivity (Wildman–Crippen MR) is 34.5 cm³/mol. The van der Waals surface area contributed by atoms with Crippen LogP contribution in [0.4, 0.5) is 0 Å². The quantitative estimate of drug-likeness (QED) is 0.400. The molecule has 67 valence electrons. The second kappa shape index (κ2) is 6.12. The minimum Gasteiger partial charge on any atom is -0.273 e. The van der Waals surface area contributed by atoms with Crippen LogP contribution in [0.25, 0.3) is 0 Å². The second-order valence-corrected chi connectivity index (χ2v) is 2.96. The van der Waals surface area contributed by atoms with Gasteiger partial charge in [0.05, 0.1) is 0 Å². The van der Waals surface area contributed by atoms with Crippen LogP contribution in [0, 0.1) is 0 Å². The molecule has 0 bridgehead atoms. The van der Waals surface area contributed by atoms with Gasteiger partial charge in [0.1, 0.15) is 0 Å². The number of hydrogen-bond acceptors (Lipinski definition) is 2. The molecule has 0 aliphatic rings. The van der Waals surface area contributed by atoms with Gasteiger partial charge in [0, 0.05) is 23.6 Å². The summed E-state index contributed by atoms with van der Waals surface area (Å²) >= 11 is 0. The molecule has 0 aromatic rings. The van der Waals surface area contributed by atoms with Gasteiger partial charge in [-0.3, -0.25) is 4.55 Å². The zero-order valence-electron chi connectivity index (χ0n) is 5.59. The van der Waals surface area contributed by atoms with E-state index in [9.17, 15) is 8.42 Å². The summed E-state index contributed by atoms with van der Waals surface area (Å²) in [6.07, 6.45) is 1.66. The number of hydrogen-bond donors (Lipinski definition) is 2. The Balaban J connectivity index is 0. The standard InChI is InChI=1S/C4H11NO3S.Cu/c1-2-3-4-5-9(6,7)8;/h5H,2-4H2,1H3,(H,6,7,8);. The number of unbranched alkanes of at least 4 members (excludes halogenated alkanes) is 1. The molecule has 6 heteroatoms. The monoisotopic (exact) mass is 216 g/mol. The van der Waals surface area contributed by atoms with E-state index in [4.69, 9.17) is 4.55 Å². The summed E-state index contributed by atoms with van der Waals surface area (Å²) in [7, 11) is -3.95. The third-order valence-corrected chi connectivity index (χ3v) is 1.38. The van der Waals surface area contributed by atoms with Crippen LogP contribution in [0.3, 0.4) is 0 Å². The molecule has 0 aliphatic heterocycles. The molecule has 0 aliphatic carbocycles. The first-order valence-corrected chi connectivity index (χ1v) is 4.22. The van der Waals surface area contributed by atoms with Gasteiger partial charge in [-0.2, -0.15) is 13.1 Å². The molecule has 0 aromatic carbocycles. The molecule has 1 radical (unpaired) electrons. The van der Waals surface area contributed by atoms with Crippen molar-refractivity contribution in [3.8, 4) is 0 Å². The largest absolute Gasteiger partial charge is 0.333 e. The molecule has 0 rings (SSSR count). The molecule has 2 N–H and O–H groups in total. The smallest absolute Gasteiger partial charge is 0.273 e. The van der Waals surface area contributed by atoms with Crippen molar-refractivity contribution in [3.05, 3.63) is 0 Å². The van der Waals surface area contributed by atoms with E-state index >= 15 is 0 Å². The summed E-state index contributed by atoms with van der Waals surface area (Å²) < 4.78 is 30.0. The van der Waals surface area contributed by atoms with Gasteiger partial charge in [0.25, 0.3) is 0 Å². The zero-order valence-corrected chi connectivity index (χ0v) is 7.35. The van der Waals surface area contributed by atoms with E-state index in [2.05, 4.69) is 0 Å². The molecule has 4 nitrogen and oxygen atoms in total. The van der Waals surface area contributed by atoms with Crippen LogP contribution in [-0.4, -0.2) is 19.5 Å². The molecule has 0 amide bonds. The minimum atomic E-state index is -3.95. The number of rotatable bonds is 4. The Bertz CT molecular complexity index is 156. The Morgan fingerprint density at radius 1 is 1.50 bits per heavy atom. The van der Waals surface area contributed by atoms with Crippen molar-refractivity contribution in [3.63, 3.8) is 0 Å². The molecular formula is C4H11CuNO3S. The van der Waals surface area contributed by atoms with Crippen molar-refractivity contribution >= 4 is 10.3 Å². The third-order valence-electron chi connectivity index (χ3n) is 0.815. The van der Waals surface area contributed by atoms with Gasteiger partial charge in [-0.1, -0.05) is 13.3 Å². The summed E-state index contributed by atoms with van der Waals surface area (Å²) in [5, 5.41) is 0. The van der Waals surface area contributed by atoms with Gasteiger partial charge >= 0.3 is 10.3 Å². The van der Waals surface area contributed by atoms with Gasteiger partial charge in [-0.05, 0) is 6.42 Å². The molecule has 0 saturated carbocycles. The van der Waals surface area contributed by atoms with Crippen LogP contribution in [0.15, 0.2) is 0 Å². The first-order chi connectivity index (χ1) is 4.06. The normalized spacial score (nSPS) is 10.6. The number of nitrogens with one attached hydrogen (secondary N) is 1. The molecular weight excluding hydrogens is 206 g/mol. The van der Waals surface area contributed by atoms with Crippen LogP contribution in [0.1, 0.15) is 19.8 Å². The SMILES string of the molecule is CCCCNS(=O)(=O)O.[Cu]. The summed E-state index contributed by atoms with van der Waals surface area (Å²) in [5.41, 5.74) is 0. The molecule has 0 spiro atoms. The zero-order chi connectivity index (χ0) is 7.33. The topological polar surface area (TPSA) is 66.4 Å². The van der Waals surface area contributed by atoms with Gasteiger partial charge in [0.15, 0.2) is 0 Å². The van der Waals surface area contributed by atoms with E-state index in [0.717, 1.165) is 12.8 Å². The van der Waals surface area contributed by atoms with Gasteiger partial charge < -0.3 is 0 Å². The van der Waals surface area contributed by atoms with E-state index < -0.39 is 10.3 Å². The Kier molecular flexibility index (Phi) is 7.97. The van der Waals surface area contributed by atoms with Crippen molar-refractivity contribution in [2.45, 2.75) is 19.8 Å². The maximum atomic E-state index is 9.95. The van der Waals surface area contributed by atoms with Gasteiger partial charge in [0.2, 0.25) is 0 Å². The molecule has 0 aromatic heterocycles. The van der Waals surface area contributed by atoms with Crippen LogP contribution >= 0.6 is 0 Å². The Hall–Kier alpha value is 0.389. The maximum Gasteiger partial charge on any atom is 0.333 e. The molecule has 0 saturated heterocycles. The summed E-state index contributed by atoms with van der Waals surface area (Å²) in [6, 6.07) is 0. The molecule has 0 unspecified atom stereocenters. The average molecular weight is 217 g/mol. The predicted octanol–water partition coefficient (Wildman–Crippen LogP) is 0.176. The van der Waals surface area contributed by atoms with Crippen molar-refractivity contribution < 1.29 is 30.0 Å². The van der Waals surface area contributed by atoms with Crippen LogP contribution in [-0.2, 0) is 27.4 Å². The molecule has 0 atom stereocenters. The fourth-order valence-electron chi connectivity index (χ4n) is 0.378. The summed E-state index contributed by atoms with van der Waals surface area (Å²) in [6.45, 7) is 2.25. The fourth-order valence-corrected chi connectivity index (χ4v) is 0.780. The fraction of sp³-hybridized carbons (Fsp3) is 1.00. The maximum absolute atomic E-state index is 9.95. The van der Waals surface area contributed by atoms with Crippen molar-refractivity contribution in [1.82, 2.24) is 4.72 Å². The first kappa shape index (κ1) is 13.0. The van der Waals surface area contributed by atoms with E-state index in [1.54, 1.807) is 0 Å². The molecule has 10 heavy (non-hydrogen) atoms. The third kappa shape index (κ3) is 11.2. The first-order valence-electron chi connectivity index (χ1n) is 2.78. The van der Waals surface area contributed by atoms with E-state index in [1.807, 2.05) is 11.6 Å². The summed E-state index contributed by atoms with van der Waals surface area (Å²) in [4.78, 5) is 0.